The van der Waals surface area contributed by atoms with E-state index in [2.05, 4.69) is 10.2 Å². The average Bonchev–Trinajstić information content (AvgIpc) is 2.52. The maximum absolute atomic E-state index is 12.0. The van der Waals surface area contributed by atoms with Crippen LogP contribution in [-0.4, -0.2) is 57.4 Å². The summed E-state index contributed by atoms with van der Waals surface area (Å²) in [6.45, 7) is 5.36. The van der Waals surface area contributed by atoms with Crippen LogP contribution in [0.5, 0.6) is 0 Å². The molecule has 1 aliphatic heterocycles. The topological polar surface area (TPSA) is 44.8 Å². The molecule has 1 aliphatic rings. The molecule has 1 N–H and O–H groups in total. The summed E-state index contributed by atoms with van der Waals surface area (Å²) in [4.78, 5) is 16.0. The molecule has 2 rings (SSSR count). The van der Waals surface area contributed by atoms with Crippen LogP contribution in [0.25, 0.3) is 0 Å². The van der Waals surface area contributed by atoms with Crippen molar-refractivity contribution in [3.8, 4) is 0 Å². The summed E-state index contributed by atoms with van der Waals surface area (Å²) < 4.78 is 5.31. The zero-order valence-corrected chi connectivity index (χ0v) is 12.0. The Labute approximate surface area is 120 Å². The molecule has 0 saturated carbocycles. The molecule has 1 saturated heterocycles. The van der Waals surface area contributed by atoms with E-state index in [0.29, 0.717) is 6.54 Å². The Hall–Kier alpha value is -1.59. The quantitative estimate of drug-likeness (QED) is 0.831. The number of nitrogens with one attached hydrogen (secondary N) is 1. The minimum atomic E-state index is -0.0572. The van der Waals surface area contributed by atoms with Crippen LogP contribution in [-0.2, 0) is 4.74 Å². The lowest BCUT2D eigenvalue weighted by Gasteiger charge is -2.26. The number of nitrogens with zero attached hydrogens (tertiary/aromatic N) is 2. The molecule has 20 heavy (non-hydrogen) atoms. The smallest absolute Gasteiger partial charge is 0.321 e. The van der Waals surface area contributed by atoms with Crippen LogP contribution in [0, 0.1) is 0 Å². The van der Waals surface area contributed by atoms with Crippen molar-refractivity contribution >= 4 is 11.7 Å². The number of morpholine rings is 1. The molecule has 1 heterocycles. The van der Waals surface area contributed by atoms with Crippen LogP contribution in [0.3, 0.4) is 0 Å². The van der Waals surface area contributed by atoms with E-state index < -0.39 is 0 Å². The predicted molar refractivity (Wildman–Crippen MR) is 80.1 cm³/mol. The first-order chi connectivity index (χ1) is 9.77. The van der Waals surface area contributed by atoms with Gasteiger partial charge in [-0.2, -0.15) is 0 Å². The summed E-state index contributed by atoms with van der Waals surface area (Å²) in [5.41, 5.74) is 0.901. The van der Waals surface area contributed by atoms with Crippen LogP contribution < -0.4 is 10.2 Å². The van der Waals surface area contributed by atoms with Crippen LogP contribution >= 0.6 is 0 Å². The van der Waals surface area contributed by atoms with Gasteiger partial charge < -0.3 is 10.1 Å². The normalized spacial score (nSPS) is 15.8. The lowest BCUT2D eigenvalue weighted by Crippen LogP contribution is -2.40. The molecular formula is C15H23N3O2. The third-order valence-electron chi connectivity index (χ3n) is 3.48. The predicted octanol–water partition coefficient (Wildman–Crippen LogP) is 1.55. The highest BCUT2D eigenvalue weighted by Crippen LogP contribution is 2.10. The number of para-hydroxylation sites is 1. The summed E-state index contributed by atoms with van der Waals surface area (Å²) in [5.74, 6) is 0. The monoisotopic (exact) mass is 277 g/mol. The van der Waals surface area contributed by atoms with Crippen molar-refractivity contribution in [3.63, 3.8) is 0 Å². The van der Waals surface area contributed by atoms with Crippen molar-refractivity contribution in [3.05, 3.63) is 30.3 Å². The number of anilines is 1. The molecule has 0 atom stereocenters. The van der Waals surface area contributed by atoms with Gasteiger partial charge in [0.05, 0.1) is 13.2 Å². The first kappa shape index (κ1) is 14.8. The molecule has 0 unspecified atom stereocenters. The van der Waals surface area contributed by atoms with Gasteiger partial charge in [-0.3, -0.25) is 9.80 Å². The Morgan fingerprint density at radius 3 is 2.70 bits per heavy atom. The number of ether oxygens (including phenoxy) is 1. The Kier molecular flexibility index (Phi) is 5.83. The van der Waals surface area contributed by atoms with E-state index in [1.54, 1.807) is 11.9 Å². The average molecular weight is 277 g/mol. The molecule has 1 fully saturated rings. The summed E-state index contributed by atoms with van der Waals surface area (Å²) in [6.07, 6.45) is 0.967. The number of carbonyl (C=O) groups is 1. The van der Waals surface area contributed by atoms with E-state index in [1.165, 1.54) is 0 Å². The van der Waals surface area contributed by atoms with Gasteiger partial charge in [0.15, 0.2) is 0 Å². The molecule has 0 aromatic heterocycles. The highest BCUT2D eigenvalue weighted by molar-refractivity contribution is 5.91. The summed E-state index contributed by atoms with van der Waals surface area (Å²) in [5, 5.41) is 2.95. The van der Waals surface area contributed by atoms with Gasteiger partial charge in [0.1, 0.15) is 0 Å². The summed E-state index contributed by atoms with van der Waals surface area (Å²) >= 11 is 0. The molecular weight excluding hydrogens is 254 g/mol. The van der Waals surface area contributed by atoms with Crippen LogP contribution in [0.15, 0.2) is 30.3 Å². The van der Waals surface area contributed by atoms with Crippen molar-refractivity contribution in [1.82, 2.24) is 10.2 Å². The minimum absolute atomic E-state index is 0.0572. The van der Waals surface area contributed by atoms with Gasteiger partial charge in [0.2, 0.25) is 0 Å². The second-order valence-corrected chi connectivity index (χ2v) is 4.93. The molecule has 0 aliphatic carbocycles. The lowest BCUT2D eigenvalue weighted by atomic mass is 10.3. The number of rotatable bonds is 5. The van der Waals surface area contributed by atoms with Crippen LogP contribution in [0.2, 0.25) is 0 Å². The molecule has 5 nitrogen and oxygen atoms in total. The fourth-order valence-electron chi connectivity index (χ4n) is 2.21. The zero-order chi connectivity index (χ0) is 14.2. The number of urea groups is 1. The summed E-state index contributed by atoms with van der Waals surface area (Å²) in [6, 6.07) is 9.59. The molecule has 5 heteroatoms. The first-order valence-electron chi connectivity index (χ1n) is 7.14. The van der Waals surface area contributed by atoms with Crippen molar-refractivity contribution in [1.29, 1.82) is 0 Å². The second-order valence-electron chi connectivity index (χ2n) is 4.93. The number of carbonyl (C=O) groups excluding carboxylic acids is 1. The Balaban J connectivity index is 1.64. The lowest BCUT2D eigenvalue weighted by molar-refractivity contribution is 0.0375. The van der Waals surface area contributed by atoms with E-state index in [1.807, 2.05) is 30.3 Å². The van der Waals surface area contributed by atoms with Crippen molar-refractivity contribution in [2.45, 2.75) is 6.42 Å². The molecule has 1 aromatic carbocycles. The Bertz CT molecular complexity index is 405. The van der Waals surface area contributed by atoms with Crippen LogP contribution in [0.4, 0.5) is 10.5 Å². The van der Waals surface area contributed by atoms with Gasteiger partial charge in [-0.05, 0) is 25.1 Å². The van der Waals surface area contributed by atoms with Crippen molar-refractivity contribution < 1.29 is 9.53 Å². The van der Waals surface area contributed by atoms with E-state index in [-0.39, 0.29) is 6.03 Å². The Morgan fingerprint density at radius 1 is 1.30 bits per heavy atom. The summed E-state index contributed by atoms with van der Waals surface area (Å²) in [7, 11) is 1.78. The molecule has 110 valence electrons. The fraction of sp³-hybridized carbons (Fsp3) is 0.533. The zero-order valence-electron chi connectivity index (χ0n) is 12.0. The van der Waals surface area contributed by atoms with E-state index >= 15 is 0 Å². The van der Waals surface area contributed by atoms with Gasteiger partial charge in [0.25, 0.3) is 0 Å². The highest BCUT2D eigenvalue weighted by atomic mass is 16.5. The number of benzene rings is 1. The first-order valence-corrected chi connectivity index (χ1v) is 7.14. The van der Waals surface area contributed by atoms with E-state index in [0.717, 1.165) is 45.0 Å². The number of hydrogen-bond donors (Lipinski definition) is 1. The van der Waals surface area contributed by atoms with E-state index in [9.17, 15) is 4.79 Å². The van der Waals surface area contributed by atoms with E-state index in [4.69, 9.17) is 4.74 Å². The molecule has 2 amide bonds. The third-order valence-corrected chi connectivity index (χ3v) is 3.48. The van der Waals surface area contributed by atoms with Gasteiger partial charge in [-0.25, -0.2) is 4.79 Å². The molecule has 0 spiro atoms. The molecule has 1 aromatic rings. The number of hydrogen-bond acceptors (Lipinski definition) is 3. The SMILES string of the molecule is CN(C(=O)NCCCN1CCOCC1)c1ccccc1. The van der Waals surface area contributed by atoms with Gasteiger partial charge >= 0.3 is 6.03 Å². The van der Waals surface area contributed by atoms with Crippen molar-refractivity contribution in [2.24, 2.45) is 0 Å². The molecule has 0 radical (unpaired) electrons. The highest BCUT2D eigenvalue weighted by Gasteiger charge is 2.11. The number of amides is 2. The fourth-order valence-corrected chi connectivity index (χ4v) is 2.21. The van der Waals surface area contributed by atoms with Crippen LogP contribution in [0.1, 0.15) is 6.42 Å². The van der Waals surface area contributed by atoms with Gasteiger partial charge in [0, 0.05) is 32.4 Å². The van der Waals surface area contributed by atoms with Crippen molar-refractivity contribution in [2.75, 3.05) is 51.3 Å². The maximum atomic E-state index is 12.0. The third kappa shape index (κ3) is 4.51. The standard InChI is InChI=1S/C15H23N3O2/c1-17(14-6-3-2-4-7-14)15(19)16-8-5-9-18-10-12-20-13-11-18/h2-4,6-7H,5,8-13H2,1H3,(H,16,19). The largest absolute Gasteiger partial charge is 0.379 e. The van der Waals surface area contributed by atoms with Gasteiger partial charge in [-0.15, -0.1) is 0 Å². The second kappa shape index (κ2) is 7.87. The molecule has 0 bridgehead atoms. The minimum Gasteiger partial charge on any atom is -0.379 e. The maximum Gasteiger partial charge on any atom is 0.321 e. The Morgan fingerprint density at radius 2 is 2.00 bits per heavy atom. The van der Waals surface area contributed by atoms with Gasteiger partial charge in [-0.1, -0.05) is 18.2 Å².